The van der Waals surface area contributed by atoms with Crippen molar-refractivity contribution in [1.82, 2.24) is 4.57 Å². The van der Waals surface area contributed by atoms with E-state index in [0.717, 1.165) is 0 Å². The molecule has 86 valence electrons. The summed E-state index contributed by atoms with van der Waals surface area (Å²) in [6.07, 6.45) is -0.831. The molecule has 0 saturated heterocycles. The van der Waals surface area contributed by atoms with Gasteiger partial charge < -0.3 is 14.6 Å². The van der Waals surface area contributed by atoms with E-state index < -0.39 is 11.9 Å². The van der Waals surface area contributed by atoms with E-state index in [9.17, 15) is 15.0 Å². The fourth-order valence-electron chi connectivity index (χ4n) is 1.48. The number of phenols is 1. The van der Waals surface area contributed by atoms with Gasteiger partial charge in [0.2, 0.25) is 0 Å². The summed E-state index contributed by atoms with van der Waals surface area (Å²) in [6.45, 7) is 0.0405. The van der Waals surface area contributed by atoms with Gasteiger partial charge in [-0.25, -0.2) is 4.79 Å². The smallest absolute Gasteiger partial charge is 0.420 e. The van der Waals surface area contributed by atoms with Crippen molar-refractivity contribution < 1.29 is 14.6 Å². The quantitative estimate of drug-likeness (QED) is 0.786. The largest absolute Gasteiger partial charge is 0.508 e. The molecule has 2 aromatic rings. The van der Waals surface area contributed by atoms with Crippen LogP contribution in [0.15, 0.2) is 27.4 Å². The number of aromatic nitrogens is 1. The standard InChI is InChI=1S/C10H10ClNO4/c11-4-7(14)5-12-8-3-6(13)1-2-9(8)16-10(12)15/h1-3,7,13-14H,4-5H2. The molecule has 0 fully saturated rings. The summed E-state index contributed by atoms with van der Waals surface area (Å²) >= 11 is 5.46. The van der Waals surface area contributed by atoms with Crippen molar-refractivity contribution in [3.63, 3.8) is 0 Å². The second-order valence-electron chi connectivity index (χ2n) is 3.44. The molecule has 0 aliphatic heterocycles. The van der Waals surface area contributed by atoms with Gasteiger partial charge in [0, 0.05) is 6.07 Å². The number of aliphatic hydroxyl groups is 1. The lowest BCUT2D eigenvalue weighted by Crippen LogP contribution is -2.24. The van der Waals surface area contributed by atoms with Crippen molar-refractivity contribution in [3.05, 3.63) is 28.7 Å². The Labute approximate surface area is 95.5 Å². The van der Waals surface area contributed by atoms with Crippen LogP contribution in [-0.2, 0) is 6.54 Å². The van der Waals surface area contributed by atoms with Gasteiger partial charge in [0.05, 0.1) is 24.0 Å². The Bertz CT molecular complexity index is 559. The Kier molecular flexibility index (Phi) is 2.89. The van der Waals surface area contributed by atoms with Gasteiger partial charge >= 0.3 is 5.76 Å². The highest BCUT2D eigenvalue weighted by Gasteiger charge is 2.13. The summed E-state index contributed by atoms with van der Waals surface area (Å²) in [6, 6.07) is 4.32. The molecule has 1 heterocycles. The number of rotatable bonds is 3. The van der Waals surface area contributed by atoms with Gasteiger partial charge in [0.1, 0.15) is 5.75 Å². The van der Waals surface area contributed by atoms with Crippen LogP contribution in [0.1, 0.15) is 0 Å². The number of phenolic OH excluding ortho intramolecular Hbond substituents is 1. The van der Waals surface area contributed by atoms with Crippen molar-refractivity contribution in [2.24, 2.45) is 0 Å². The van der Waals surface area contributed by atoms with Crippen LogP contribution < -0.4 is 5.76 Å². The lowest BCUT2D eigenvalue weighted by Gasteiger charge is -2.06. The van der Waals surface area contributed by atoms with Crippen LogP contribution in [0, 0.1) is 0 Å². The van der Waals surface area contributed by atoms with E-state index in [-0.39, 0.29) is 18.2 Å². The molecular formula is C10H10ClNO4. The first kappa shape index (κ1) is 11.0. The SMILES string of the molecule is O=c1oc2ccc(O)cc2n1CC(O)CCl. The second-order valence-corrected chi connectivity index (χ2v) is 3.75. The maximum Gasteiger partial charge on any atom is 0.420 e. The van der Waals surface area contributed by atoms with Crippen molar-refractivity contribution in [2.75, 3.05) is 5.88 Å². The molecule has 6 heteroatoms. The summed E-state index contributed by atoms with van der Waals surface area (Å²) in [7, 11) is 0. The van der Waals surface area contributed by atoms with Gasteiger partial charge in [-0.15, -0.1) is 11.6 Å². The molecule has 1 unspecified atom stereocenters. The Morgan fingerprint density at radius 1 is 1.50 bits per heavy atom. The third kappa shape index (κ3) is 1.91. The summed E-state index contributed by atoms with van der Waals surface area (Å²) in [5.41, 5.74) is 0.804. The second kappa shape index (κ2) is 4.19. The van der Waals surface area contributed by atoms with E-state index in [1.54, 1.807) is 0 Å². The number of hydrogen-bond acceptors (Lipinski definition) is 4. The van der Waals surface area contributed by atoms with Crippen LogP contribution >= 0.6 is 11.6 Å². The predicted molar refractivity (Wildman–Crippen MR) is 58.9 cm³/mol. The van der Waals surface area contributed by atoms with E-state index in [0.29, 0.717) is 11.1 Å². The van der Waals surface area contributed by atoms with Crippen LogP contribution in [0.2, 0.25) is 0 Å². The summed E-state index contributed by atoms with van der Waals surface area (Å²) in [4.78, 5) is 11.5. The van der Waals surface area contributed by atoms with Gasteiger partial charge in [0.25, 0.3) is 0 Å². The Hall–Kier alpha value is -1.46. The molecular weight excluding hydrogens is 234 g/mol. The number of aliphatic hydroxyl groups excluding tert-OH is 1. The molecule has 2 rings (SSSR count). The van der Waals surface area contributed by atoms with Crippen LogP contribution in [0.5, 0.6) is 5.75 Å². The van der Waals surface area contributed by atoms with Crippen molar-refractivity contribution in [2.45, 2.75) is 12.6 Å². The molecule has 0 aliphatic carbocycles. The molecule has 0 aliphatic rings. The van der Waals surface area contributed by atoms with Crippen LogP contribution in [0.3, 0.4) is 0 Å². The average molecular weight is 244 g/mol. The number of benzene rings is 1. The molecule has 0 radical (unpaired) electrons. The summed E-state index contributed by atoms with van der Waals surface area (Å²) in [5.74, 6) is -0.523. The van der Waals surface area contributed by atoms with Crippen molar-refractivity contribution in [3.8, 4) is 5.75 Å². The fraction of sp³-hybridized carbons (Fsp3) is 0.300. The highest BCUT2D eigenvalue weighted by atomic mass is 35.5. The molecule has 1 aromatic carbocycles. The zero-order chi connectivity index (χ0) is 11.7. The van der Waals surface area contributed by atoms with E-state index in [1.165, 1.54) is 22.8 Å². The number of hydrogen-bond donors (Lipinski definition) is 2. The van der Waals surface area contributed by atoms with E-state index >= 15 is 0 Å². The monoisotopic (exact) mass is 243 g/mol. The Balaban J connectivity index is 2.54. The lowest BCUT2D eigenvalue weighted by atomic mass is 10.3. The highest BCUT2D eigenvalue weighted by Crippen LogP contribution is 2.19. The number of alkyl halides is 1. The average Bonchev–Trinajstić information content (AvgIpc) is 2.55. The van der Waals surface area contributed by atoms with E-state index in [1.807, 2.05) is 0 Å². The normalized spacial score (nSPS) is 13.1. The zero-order valence-electron chi connectivity index (χ0n) is 8.26. The minimum absolute atomic E-state index is 0.0257. The van der Waals surface area contributed by atoms with E-state index in [4.69, 9.17) is 16.0 Å². The Morgan fingerprint density at radius 2 is 2.25 bits per heavy atom. The minimum atomic E-state index is -0.831. The first-order valence-corrected chi connectivity index (χ1v) is 5.21. The molecule has 1 aromatic heterocycles. The lowest BCUT2D eigenvalue weighted by molar-refractivity contribution is 0.175. The molecule has 0 saturated carbocycles. The van der Waals surface area contributed by atoms with Gasteiger partial charge in [-0.3, -0.25) is 4.57 Å². The fourth-order valence-corrected chi connectivity index (χ4v) is 1.58. The van der Waals surface area contributed by atoms with Gasteiger partial charge in [0.15, 0.2) is 5.58 Å². The Morgan fingerprint density at radius 3 is 2.94 bits per heavy atom. The van der Waals surface area contributed by atoms with E-state index in [2.05, 4.69) is 0 Å². The first-order valence-electron chi connectivity index (χ1n) is 4.68. The van der Waals surface area contributed by atoms with Gasteiger partial charge in [-0.2, -0.15) is 0 Å². The predicted octanol–water partition coefficient (Wildman–Crippen LogP) is 0.900. The van der Waals surface area contributed by atoms with Crippen LogP contribution in [0.25, 0.3) is 11.1 Å². The molecule has 0 bridgehead atoms. The maximum atomic E-state index is 11.5. The third-order valence-corrected chi connectivity index (χ3v) is 2.58. The number of oxazole rings is 1. The minimum Gasteiger partial charge on any atom is -0.508 e. The van der Waals surface area contributed by atoms with Crippen LogP contribution in [0.4, 0.5) is 0 Å². The number of fused-ring (bicyclic) bond motifs is 1. The molecule has 0 spiro atoms. The summed E-state index contributed by atoms with van der Waals surface area (Å²) < 4.78 is 6.18. The highest BCUT2D eigenvalue weighted by molar-refractivity contribution is 6.18. The molecule has 5 nitrogen and oxygen atoms in total. The zero-order valence-corrected chi connectivity index (χ0v) is 9.02. The van der Waals surface area contributed by atoms with Gasteiger partial charge in [-0.1, -0.05) is 0 Å². The van der Waals surface area contributed by atoms with Crippen molar-refractivity contribution in [1.29, 1.82) is 0 Å². The molecule has 2 N–H and O–H groups in total. The first-order chi connectivity index (χ1) is 7.61. The number of halogens is 1. The maximum absolute atomic E-state index is 11.5. The molecule has 0 amide bonds. The van der Waals surface area contributed by atoms with Crippen LogP contribution in [-0.4, -0.2) is 26.8 Å². The topological polar surface area (TPSA) is 75.6 Å². The van der Waals surface area contributed by atoms with Crippen molar-refractivity contribution >= 4 is 22.7 Å². The number of aromatic hydroxyl groups is 1. The van der Waals surface area contributed by atoms with Gasteiger partial charge in [-0.05, 0) is 12.1 Å². The molecule has 16 heavy (non-hydrogen) atoms. The summed E-state index contributed by atoms with van der Waals surface area (Å²) in [5, 5.41) is 18.7. The molecule has 1 atom stereocenters. The number of nitrogens with zero attached hydrogens (tertiary/aromatic N) is 1. The third-order valence-electron chi connectivity index (χ3n) is 2.22.